The van der Waals surface area contributed by atoms with Crippen LogP contribution >= 0.6 is 0 Å². The molecule has 1 aromatic rings. The highest BCUT2D eigenvalue weighted by Gasteiger charge is 1.99. The summed E-state index contributed by atoms with van der Waals surface area (Å²) in [5.41, 5.74) is 2.13. The molecule has 0 aliphatic rings. The summed E-state index contributed by atoms with van der Waals surface area (Å²) in [6, 6.07) is 9.98. The summed E-state index contributed by atoms with van der Waals surface area (Å²) in [5, 5.41) is 2.83. The molecule has 1 aromatic carbocycles. The molecule has 0 aliphatic heterocycles. The van der Waals surface area contributed by atoms with Crippen LogP contribution in [0.15, 0.2) is 48.1 Å². The molecule has 0 fully saturated rings. The SMILES string of the molecule is COC(=O)CCCCCNC(=O)C=CC(C)=Cc1ccccc1. The number of rotatable bonds is 9. The second-order valence-corrected chi connectivity index (χ2v) is 5.31. The first-order valence-corrected chi connectivity index (χ1v) is 7.88. The van der Waals surface area contributed by atoms with Gasteiger partial charge in [-0.15, -0.1) is 0 Å². The van der Waals surface area contributed by atoms with E-state index in [1.807, 2.05) is 43.3 Å². The van der Waals surface area contributed by atoms with Gasteiger partial charge in [-0.25, -0.2) is 0 Å². The summed E-state index contributed by atoms with van der Waals surface area (Å²) in [5.74, 6) is -0.281. The van der Waals surface area contributed by atoms with Crippen molar-refractivity contribution in [2.24, 2.45) is 0 Å². The van der Waals surface area contributed by atoms with Crippen molar-refractivity contribution in [2.45, 2.75) is 32.6 Å². The van der Waals surface area contributed by atoms with E-state index in [1.165, 1.54) is 7.11 Å². The van der Waals surface area contributed by atoms with Crippen LogP contribution < -0.4 is 5.32 Å². The average Bonchev–Trinajstić information content (AvgIpc) is 2.56. The van der Waals surface area contributed by atoms with Gasteiger partial charge < -0.3 is 10.1 Å². The lowest BCUT2D eigenvalue weighted by Gasteiger charge is -2.02. The smallest absolute Gasteiger partial charge is 0.305 e. The molecule has 124 valence electrons. The molecular formula is C19H25NO3. The highest BCUT2D eigenvalue weighted by Crippen LogP contribution is 2.06. The standard InChI is InChI=1S/C19H25NO3/c1-16(15-17-9-5-3-6-10-17)12-13-18(21)20-14-8-4-7-11-19(22)23-2/h3,5-6,9-10,12-13,15H,4,7-8,11,14H2,1-2H3,(H,20,21). The van der Waals surface area contributed by atoms with E-state index in [9.17, 15) is 9.59 Å². The van der Waals surface area contributed by atoms with Gasteiger partial charge >= 0.3 is 5.97 Å². The van der Waals surface area contributed by atoms with Gasteiger partial charge in [0.05, 0.1) is 7.11 Å². The summed E-state index contributed by atoms with van der Waals surface area (Å²) in [4.78, 5) is 22.6. The zero-order valence-corrected chi connectivity index (χ0v) is 13.9. The van der Waals surface area contributed by atoms with E-state index in [0.29, 0.717) is 13.0 Å². The van der Waals surface area contributed by atoms with Gasteiger partial charge in [0, 0.05) is 19.0 Å². The minimum Gasteiger partial charge on any atom is -0.469 e. The number of hydrogen-bond acceptors (Lipinski definition) is 3. The molecule has 0 unspecified atom stereocenters. The molecule has 0 atom stereocenters. The number of unbranched alkanes of at least 4 members (excludes halogenated alkanes) is 2. The first-order valence-electron chi connectivity index (χ1n) is 7.88. The maximum atomic E-state index is 11.7. The minimum absolute atomic E-state index is 0.0984. The Morgan fingerprint density at radius 2 is 1.83 bits per heavy atom. The number of hydrogen-bond donors (Lipinski definition) is 1. The normalized spacial score (nSPS) is 11.5. The number of carbonyl (C=O) groups excluding carboxylic acids is 2. The lowest BCUT2D eigenvalue weighted by Crippen LogP contribution is -2.22. The Kier molecular flexibility index (Phi) is 9.13. The van der Waals surface area contributed by atoms with E-state index in [-0.39, 0.29) is 11.9 Å². The first kappa shape index (κ1) is 18.7. The van der Waals surface area contributed by atoms with Crippen LogP contribution in [0.5, 0.6) is 0 Å². The van der Waals surface area contributed by atoms with Crippen LogP contribution in [0.2, 0.25) is 0 Å². The fourth-order valence-electron chi connectivity index (χ4n) is 2.01. The third-order valence-corrected chi connectivity index (χ3v) is 3.28. The molecule has 0 aliphatic carbocycles. The molecule has 0 radical (unpaired) electrons. The second-order valence-electron chi connectivity index (χ2n) is 5.31. The van der Waals surface area contributed by atoms with E-state index < -0.39 is 0 Å². The van der Waals surface area contributed by atoms with Crippen LogP contribution in [-0.2, 0) is 14.3 Å². The molecule has 0 bridgehead atoms. The molecule has 0 saturated carbocycles. The molecule has 4 heteroatoms. The van der Waals surface area contributed by atoms with Crippen LogP contribution in [0.1, 0.15) is 38.2 Å². The molecule has 0 heterocycles. The van der Waals surface area contributed by atoms with E-state index in [4.69, 9.17) is 0 Å². The highest BCUT2D eigenvalue weighted by atomic mass is 16.5. The van der Waals surface area contributed by atoms with Crippen molar-refractivity contribution in [2.75, 3.05) is 13.7 Å². The van der Waals surface area contributed by atoms with Crippen molar-refractivity contribution in [3.05, 3.63) is 53.6 Å². The van der Waals surface area contributed by atoms with E-state index in [0.717, 1.165) is 30.4 Å². The first-order chi connectivity index (χ1) is 11.1. The Labute approximate surface area is 138 Å². The van der Waals surface area contributed by atoms with Gasteiger partial charge in [-0.05, 0) is 25.3 Å². The van der Waals surface area contributed by atoms with Gasteiger partial charge in [-0.3, -0.25) is 9.59 Å². The third kappa shape index (κ3) is 9.30. The maximum absolute atomic E-state index is 11.7. The van der Waals surface area contributed by atoms with Gasteiger partial charge in [0.15, 0.2) is 0 Å². The van der Waals surface area contributed by atoms with E-state index in [2.05, 4.69) is 10.1 Å². The summed E-state index contributed by atoms with van der Waals surface area (Å²) < 4.78 is 4.57. The van der Waals surface area contributed by atoms with Crippen molar-refractivity contribution in [3.8, 4) is 0 Å². The Morgan fingerprint density at radius 3 is 2.52 bits per heavy atom. The fraction of sp³-hybridized carbons (Fsp3) is 0.368. The van der Waals surface area contributed by atoms with Gasteiger partial charge in [-0.1, -0.05) is 54.5 Å². The third-order valence-electron chi connectivity index (χ3n) is 3.28. The zero-order chi connectivity index (χ0) is 16.9. The molecule has 1 amide bonds. The number of nitrogens with one attached hydrogen (secondary N) is 1. The van der Waals surface area contributed by atoms with Crippen LogP contribution in [0, 0.1) is 0 Å². The van der Waals surface area contributed by atoms with Gasteiger partial charge in [0.25, 0.3) is 0 Å². The van der Waals surface area contributed by atoms with Crippen LogP contribution in [0.4, 0.5) is 0 Å². The number of carbonyl (C=O) groups is 2. The minimum atomic E-state index is -0.183. The van der Waals surface area contributed by atoms with Crippen LogP contribution in [0.25, 0.3) is 6.08 Å². The topological polar surface area (TPSA) is 55.4 Å². The summed E-state index contributed by atoms with van der Waals surface area (Å²) in [7, 11) is 1.39. The summed E-state index contributed by atoms with van der Waals surface area (Å²) in [6.45, 7) is 2.58. The number of amides is 1. The quantitative estimate of drug-likeness (QED) is 0.328. The van der Waals surface area contributed by atoms with E-state index >= 15 is 0 Å². The van der Waals surface area contributed by atoms with Gasteiger partial charge in [0.2, 0.25) is 5.91 Å². The predicted octanol–water partition coefficient (Wildman–Crippen LogP) is 3.50. The molecule has 23 heavy (non-hydrogen) atoms. The highest BCUT2D eigenvalue weighted by molar-refractivity contribution is 5.88. The molecule has 1 N–H and O–H groups in total. The number of allylic oxidation sites excluding steroid dienone is 2. The van der Waals surface area contributed by atoms with Gasteiger partial charge in [-0.2, -0.15) is 0 Å². The van der Waals surface area contributed by atoms with Crippen molar-refractivity contribution < 1.29 is 14.3 Å². The monoisotopic (exact) mass is 315 g/mol. The number of esters is 1. The summed E-state index contributed by atoms with van der Waals surface area (Å²) >= 11 is 0. The van der Waals surface area contributed by atoms with Gasteiger partial charge in [0.1, 0.15) is 0 Å². The largest absolute Gasteiger partial charge is 0.469 e. The van der Waals surface area contributed by atoms with Crippen molar-refractivity contribution >= 4 is 18.0 Å². The molecule has 4 nitrogen and oxygen atoms in total. The van der Waals surface area contributed by atoms with Crippen molar-refractivity contribution in [1.29, 1.82) is 0 Å². The lowest BCUT2D eigenvalue weighted by atomic mass is 10.1. The Morgan fingerprint density at radius 1 is 1.09 bits per heavy atom. The molecule has 0 saturated heterocycles. The van der Waals surface area contributed by atoms with Crippen molar-refractivity contribution in [3.63, 3.8) is 0 Å². The Hall–Kier alpha value is -2.36. The summed E-state index contributed by atoms with van der Waals surface area (Å²) in [6.07, 6.45) is 8.35. The zero-order valence-electron chi connectivity index (χ0n) is 13.9. The molecule has 0 spiro atoms. The fourth-order valence-corrected chi connectivity index (χ4v) is 2.01. The van der Waals surface area contributed by atoms with Crippen LogP contribution in [-0.4, -0.2) is 25.5 Å². The maximum Gasteiger partial charge on any atom is 0.305 e. The molecule has 1 rings (SSSR count). The van der Waals surface area contributed by atoms with Crippen LogP contribution in [0.3, 0.4) is 0 Å². The van der Waals surface area contributed by atoms with E-state index in [1.54, 1.807) is 12.2 Å². The number of ether oxygens (including phenoxy) is 1. The Balaban J connectivity index is 2.20. The predicted molar refractivity (Wildman–Crippen MR) is 92.7 cm³/mol. The van der Waals surface area contributed by atoms with Crippen molar-refractivity contribution in [1.82, 2.24) is 5.32 Å². The Bertz CT molecular complexity index is 547. The number of benzene rings is 1. The lowest BCUT2D eigenvalue weighted by molar-refractivity contribution is -0.140. The average molecular weight is 315 g/mol. The second kappa shape index (κ2) is 11.2. The molecule has 0 aromatic heterocycles. The molecular weight excluding hydrogens is 290 g/mol. The number of methoxy groups -OCH3 is 1.